The highest BCUT2D eigenvalue weighted by molar-refractivity contribution is 5.93. The average molecular weight is 1870 g/mol. The lowest BCUT2D eigenvalue weighted by Gasteiger charge is -2.29. The van der Waals surface area contributed by atoms with E-state index in [1.54, 1.807) is 104 Å². The summed E-state index contributed by atoms with van der Waals surface area (Å²) in [5, 5.41) is 22.1. The van der Waals surface area contributed by atoms with Gasteiger partial charge >= 0.3 is 23.9 Å². The van der Waals surface area contributed by atoms with Crippen LogP contribution in [0.15, 0.2) is 170 Å². The lowest BCUT2D eigenvalue weighted by Crippen LogP contribution is -2.51. The average Bonchev–Trinajstić information content (AvgIpc) is 0.757. The van der Waals surface area contributed by atoms with Crippen LogP contribution in [0.4, 0.5) is 0 Å². The molecule has 0 aliphatic heterocycles. The van der Waals surface area contributed by atoms with Gasteiger partial charge in [-0.3, -0.25) is 57.5 Å². The van der Waals surface area contributed by atoms with E-state index in [0.717, 1.165) is 44.5 Å². The van der Waals surface area contributed by atoms with Gasteiger partial charge in [0.2, 0.25) is 23.6 Å². The fourth-order valence-corrected chi connectivity index (χ4v) is 15.1. The predicted octanol–water partition coefficient (Wildman–Crippen LogP) is 13.1. The van der Waals surface area contributed by atoms with Crippen LogP contribution in [0.3, 0.4) is 0 Å². The van der Waals surface area contributed by atoms with Gasteiger partial charge in [-0.2, -0.15) is 0 Å². The molecule has 8 aromatic carbocycles. The standard InChI is InChI=1S/C108H136N8O20/c1-65(2)93(101(125)109-53-89(121)129-57-69-33-25-21-26-34-69)113-85(117)61-133-97-73-41-75-47-82(106(12,13)14)49-77(98(75)134-62-86(118)114-94(66(3)4)102(126)110-54-90(122)130-58-70-35-27-22-28-36-70)43-79-51-84(108(18,19)20)52-80(100(79)136-64-88(120)116-96(68(7)8)104(128)112-56-92(124)132-60-72-39-31-24-32-40-72)44-78-50-83(107(15,16)17)48-76(42-74(97)46-81(45-73)105(9,10)11)99(78)135-63-87(119)115-95(67(5)6)103(127)111-55-91(123)131-59-71-37-29-23-30-38-71/h21-40,45-52,65-68,93-96H,41-44,53-64H2,1-20H3,(H,109,125)(H,110,126)(H,111,127)(H,112,128)(H,113,117)(H,114,118)(H,115,119)(H,116,120). The van der Waals surface area contributed by atoms with Crippen molar-refractivity contribution in [2.24, 2.45) is 23.7 Å². The van der Waals surface area contributed by atoms with Crippen molar-refractivity contribution in [1.82, 2.24) is 42.5 Å². The fourth-order valence-electron chi connectivity index (χ4n) is 15.1. The molecule has 28 heteroatoms. The second-order valence-corrected chi connectivity index (χ2v) is 40.0. The van der Waals surface area contributed by atoms with E-state index in [4.69, 9.17) is 37.9 Å². The highest BCUT2D eigenvalue weighted by Gasteiger charge is 2.35. The number of hydrogen-bond acceptors (Lipinski definition) is 20. The first-order chi connectivity index (χ1) is 64.2. The number of amides is 8. The Bertz CT molecular complexity index is 4750. The Morgan fingerprint density at radius 2 is 0.419 bits per heavy atom. The van der Waals surface area contributed by atoms with Gasteiger partial charge in [-0.25, -0.2) is 0 Å². The number of benzene rings is 8. The van der Waals surface area contributed by atoms with Crippen LogP contribution in [-0.2, 0) is 150 Å². The molecule has 0 spiro atoms. The number of esters is 4. The van der Waals surface area contributed by atoms with E-state index in [9.17, 15) is 38.4 Å². The van der Waals surface area contributed by atoms with Crippen LogP contribution in [0.25, 0.3) is 0 Å². The van der Waals surface area contributed by atoms with E-state index >= 15 is 19.2 Å². The molecule has 728 valence electrons. The number of rotatable bonds is 40. The van der Waals surface area contributed by atoms with E-state index in [2.05, 4.69) is 126 Å². The largest absolute Gasteiger partial charge is 0.483 e. The maximum absolute atomic E-state index is 15.0. The molecule has 8 aromatic rings. The topological polar surface area (TPSA) is 375 Å². The first kappa shape index (κ1) is 106. The second kappa shape index (κ2) is 48.7. The normalized spacial score (nSPS) is 13.0. The number of fused-ring (bicyclic) bond motifs is 8. The Labute approximate surface area is 799 Å². The lowest BCUT2D eigenvalue weighted by atomic mass is 9.79. The van der Waals surface area contributed by atoms with E-state index in [-0.39, 0.29) is 75.1 Å². The summed E-state index contributed by atoms with van der Waals surface area (Å²) < 4.78 is 50.2. The third kappa shape index (κ3) is 32.4. The molecule has 0 radical (unpaired) electrons. The van der Waals surface area contributed by atoms with Crippen molar-refractivity contribution in [2.45, 2.75) is 236 Å². The van der Waals surface area contributed by atoms with Gasteiger partial charge in [0.15, 0.2) is 26.4 Å². The van der Waals surface area contributed by atoms with Crippen LogP contribution in [0.5, 0.6) is 23.0 Å². The summed E-state index contributed by atoms with van der Waals surface area (Å²) in [6, 6.07) is 47.4. The second-order valence-electron chi connectivity index (χ2n) is 40.0. The Kier molecular flexibility index (Phi) is 38.0. The van der Waals surface area contributed by atoms with E-state index in [0.29, 0.717) is 44.5 Å². The molecule has 8 amide bonds. The van der Waals surface area contributed by atoms with Gasteiger partial charge < -0.3 is 80.4 Å². The molecule has 0 fully saturated rings. The first-order valence-electron chi connectivity index (χ1n) is 46.4. The highest BCUT2D eigenvalue weighted by atomic mass is 16.5. The van der Waals surface area contributed by atoms with Crippen molar-refractivity contribution in [3.63, 3.8) is 0 Å². The molecule has 8 N–H and O–H groups in total. The number of nitrogens with one attached hydrogen (secondary N) is 8. The summed E-state index contributed by atoms with van der Waals surface area (Å²) in [5.74, 6) is -9.48. The maximum atomic E-state index is 15.0. The Morgan fingerprint density at radius 1 is 0.257 bits per heavy atom. The van der Waals surface area contributed by atoms with Crippen LogP contribution in [0.2, 0.25) is 0 Å². The smallest absolute Gasteiger partial charge is 0.325 e. The van der Waals surface area contributed by atoms with Gasteiger partial charge in [0.1, 0.15) is 99.8 Å². The van der Waals surface area contributed by atoms with E-state index in [1.807, 2.05) is 121 Å². The van der Waals surface area contributed by atoms with Crippen molar-refractivity contribution in [3.05, 3.63) is 259 Å². The molecular formula is C108H136N8O20. The maximum Gasteiger partial charge on any atom is 0.325 e. The summed E-state index contributed by atoms with van der Waals surface area (Å²) in [5.41, 5.74) is 7.75. The fraction of sp³-hybridized carbons (Fsp3) is 0.444. The number of ether oxygens (including phenoxy) is 8. The quantitative estimate of drug-likeness (QED) is 0.0131. The van der Waals surface area contributed by atoms with Gasteiger partial charge in [0.25, 0.3) is 23.6 Å². The zero-order chi connectivity index (χ0) is 99.5. The third-order valence-corrected chi connectivity index (χ3v) is 23.0. The monoisotopic (exact) mass is 1860 g/mol. The summed E-state index contributed by atoms with van der Waals surface area (Å²) in [4.78, 5) is 169. The molecule has 0 saturated heterocycles. The molecule has 9 rings (SSSR count). The lowest BCUT2D eigenvalue weighted by molar-refractivity contribution is -0.146. The SMILES string of the molecule is CC(C)C(NC(=O)COc1c2cc(C(C)(C)C)cc1Cc1cc(C(C)(C)C)cc(c1OCC(=O)NC(C(=O)NCC(=O)OCc1ccccc1)C(C)C)Cc1cc(C(C)(C)C)cc(c1OCC(=O)NC(C(=O)NCC(=O)OCc1ccccc1)C(C)C)Cc1cc(C(C)(C)C)cc(c1OCC(=O)NC(C(=O)NCC(=O)OCc1ccccc1)C(C)C)C2)C(=O)NCC(=O)OCc1ccccc1. The first-order valence-corrected chi connectivity index (χ1v) is 46.4. The van der Waals surface area contributed by atoms with Crippen molar-refractivity contribution in [1.29, 1.82) is 0 Å². The number of carbonyl (C=O) groups is 12. The molecule has 4 unspecified atom stereocenters. The van der Waals surface area contributed by atoms with Gasteiger partial charge in [-0.15, -0.1) is 0 Å². The minimum Gasteiger partial charge on any atom is -0.483 e. The summed E-state index contributed by atoms with van der Waals surface area (Å²) in [6.45, 7) is 33.7. The van der Waals surface area contributed by atoms with Crippen LogP contribution in [-0.4, -0.2) is 148 Å². The Balaban J connectivity index is 1.22. The van der Waals surface area contributed by atoms with Crippen molar-refractivity contribution in [2.75, 3.05) is 52.6 Å². The Morgan fingerprint density at radius 3 is 0.566 bits per heavy atom. The zero-order valence-corrected chi connectivity index (χ0v) is 82.3. The Hall–Kier alpha value is -13.4. The molecule has 0 aromatic heterocycles. The van der Waals surface area contributed by atoms with E-state index < -0.39 is 193 Å². The van der Waals surface area contributed by atoms with Gasteiger partial charge in [-0.1, -0.05) is 308 Å². The highest BCUT2D eigenvalue weighted by Crippen LogP contribution is 2.45. The minimum atomic E-state index is -1.18. The van der Waals surface area contributed by atoms with Gasteiger partial charge in [0.05, 0.1) is 0 Å². The van der Waals surface area contributed by atoms with Crippen LogP contribution >= 0.6 is 0 Å². The predicted molar refractivity (Wildman–Crippen MR) is 518 cm³/mol. The molecule has 1 aliphatic rings. The molecule has 28 nitrogen and oxygen atoms in total. The summed E-state index contributed by atoms with van der Waals surface area (Å²) in [7, 11) is 0. The van der Waals surface area contributed by atoms with Crippen molar-refractivity contribution in [3.8, 4) is 23.0 Å². The van der Waals surface area contributed by atoms with Gasteiger partial charge in [-0.05, 0) is 134 Å². The van der Waals surface area contributed by atoms with Crippen molar-refractivity contribution >= 4 is 71.1 Å². The zero-order valence-electron chi connectivity index (χ0n) is 82.3. The van der Waals surface area contributed by atoms with Crippen LogP contribution in [0, 0.1) is 23.7 Å². The molecule has 1 aliphatic carbocycles. The third-order valence-electron chi connectivity index (χ3n) is 23.0. The van der Waals surface area contributed by atoms with Gasteiger partial charge in [0, 0.05) is 25.7 Å². The summed E-state index contributed by atoms with van der Waals surface area (Å²) >= 11 is 0. The molecule has 4 atom stereocenters. The summed E-state index contributed by atoms with van der Waals surface area (Å²) in [6.07, 6.45) is -0.210. The minimum absolute atomic E-state index is 0.0292. The van der Waals surface area contributed by atoms with Crippen LogP contribution in [0.1, 0.15) is 227 Å². The molecule has 136 heavy (non-hydrogen) atoms. The van der Waals surface area contributed by atoms with Crippen LogP contribution < -0.4 is 61.5 Å². The number of hydrogen-bond donors (Lipinski definition) is 8. The molecular weight excluding hydrogens is 1730 g/mol. The van der Waals surface area contributed by atoms with E-state index in [1.165, 1.54) is 0 Å². The molecule has 0 heterocycles. The number of carbonyl (C=O) groups excluding carboxylic acids is 12. The molecule has 8 bridgehead atoms. The molecule has 0 saturated carbocycles. The van der Waals surface area contributed by atoms with Crippen molar-refractivity contribution < 1.29 is 95.4 Å².